The van der Waals surface area contributed by atoms with Crippen LogP contribution in [0.15, 0.2) is 29.1 Å². The zero-order valence-corrected chi connectivity index (χ0v) is 6.24. The Labute approximate surface area is 60.9 Å². The molecule has 1 heterocycles. The molecule has 0 aromatic rings. The molecule has 10 heavy (non-hydrogen) atoms. The topological polar surface area (TPSA) is 21.6 Å². The molecule has 54 valence electrons. The lowest BCUT2D eigenvalue weighted by atomic mass is 10.1. The largest absolute Gasteiger partial charge is 0.495 e. The number of ether oxygens (including phenoxy) is 1. The molecule has 1 atom stereocenters. The van der Waals surface area contributed by atoms with E-state index in [1.807, 2.05) is 12.2 Å². The predicted molar refractivity (Wildman–Crippen MR) is 41.9 cm³/mol. The predicted octanol–water partition coefficient (Wildman–Crippen LogP) is 1.75. The van der Waals surface area contributed by atoms with E-state index >= 15 is 0 Å². The molecule has 1 rings (SSSR count). The molecule has 0 N–H and O–H groups in total. The van der Waals surface area contributed by atoms with Gasteiger partial charge in [-0.1, -0.05) is 13.0 Å². The van der Waals surface area contributed by atoms with Gasteiger partial charge in [0.25, 0.3) is 0 Å². The standard InChI is InChI=1S/C8H11NO/c1-7-3-4-9-6-8(5-7)10-2/h3-7H,1-2H3. The van der Waals surface area contributed by atoms with Crippen LogP contribution in [0.3, 0.4) is 0 Å². The summed E-state index contributed by atoms with van der Waals surface area (Å²) in [5, 5.41) is 0. The summed E-state index contributed by atoms with van der Waals surface area (Å²) in [6, 6.07) is 0. The van der Waals surface area contributed by atoms with Crippen LogP contribution in [0.1, 0.15) is 6.92 Å². The molecule has 2 heteroatoms. The third kappa shape index (κ3) is 1.72. The molecule has 0 radical (unpaired) electrons. The summed E-state index contributed by atoms with van der Waals surface area (Å²) in [5.41, 5.74) is 0. The Balaban J connectivity index is 2.74. The zero-order chi connectivity index (χ0) is 7.40. The first kappa shape index (κ1) is 7.06. The molecule has 0 aliphatic carbocycles. The highest BCUT2D eigenvalue weighted by Gasteiger charge is 1.97. The Bertz CT molecular complexity index is 191. The molecule has 2 nitrogen and oxygen atoms in total. The molecule has 1 aliphatic heterocycles. The Morgan fingerprint density at radius 2 is 2.40 bits per heavy atom. The SMILES string of the molecule is COC1=CC(C)C=CN=C1. The maximum Gasteiger partial charge on any atom is 0.133 e. The van der Waals surface area contributed by atoms with Crippen molar-refractivity contribution in [2.45, 2.75) is 6.92 Å². The van der Waals surface area contributed by atoms with Crippen molar-refractivity contribution >= 4 is 6.21 Å². The van der Waals surface area contributed by atoms with Crippen LogP contribution in [0.25, 0.3) is 0 Å². The first-order valence-corrected chi connectivity index (χ1v) is 3.28. The fourth-order valence-corrected chi connectivity index (χ4v) is 0.780. The van der Waals surface area contributed by atoms with E-state index in [0.717, 1.165) is 5.76 Å². The van der Waals surface area contributed by atoms with Crippen LogP contribution in [0, 0.1) is 5.92 Å². The summed E-state index contributed by atoms with van der Waals surface area (Å²) in [4.78, 5) is 3.97. The van der Waals surface area contributed by atoms with Crippen LogP contribution in [-0.2, 0) is 4.74 Å². The summed E-state index contributed by atoms with van der Waals surface area (Å²) < 4.78 is 5.01. The van der Waals surface area contributed by atoms with E-state index in [1.165, 1.54) is 0 Å². The second kappa shape index (κ2) is 3.20. The van der Waals surface area contributed by atoms with Gasteiger partial charge in [0.1, 0.15) is 5.76 Å². The van der Waals surface area contributed by atoms with Gasteiger partial charge in [-0.15, -0.1) is 0 Å². The summed E-state index contributed by atoms with van der Waals surface area (Å²) >= 11 is 0. The van der Waals surface area contributed by atoms with E-state index in [9.17, 15) is 0 Å². The molecule has 0 saturated heterocycles. The van der Waals surface area contributed by atoms with Gasteiger partial charge in [0, 0.05) is 6.20 Å². The lowest BCUT2D eigenvalue weighted by Crippen LogP contribution is -1.90. The molecule has 0 amide bonds. The number of hydrogen-bond acceptors (Lipinski definition) is 2. The number of hydrogen-bond donors (Lipinski definition) is 0. The average Bonchev–Trinajstić information content (AvgIpc) is 2.13. The number of nitrogens with zero attached hydrogens (tertiary/aromatic N) is 1. The van der Waals surface area contributed by atoms with Crippen LogP contribution in [0.5, 0.6) is 0 Å². The molecular formula is C8H11NO. The van der Waals surface area contributed by atoms with Crippen LogP contribution >= 0.6 is 0 Å². The summed E-state index contributed by atoms with van der Waals surface area (Å²) in [7, 11) is 1.65. The minimum absolute atomic E-state index is 0.414. The molecule has 0 spiro atoms. The minimum atomic E-state index is 0.414. The maximum atomic E-state index is 5.01. The van der Waals surface area contributed by atoms with Crippen LogP contribution in [0.2, 0.25) is 0 Å². The van der Waals surface area contributed by atoms with E-state index in [4.69, 9.17) is 4.74 Å². The van der Waals surface area contributed by atoms with Gasteiger partial charge in [-0.25, -0.2) is 0 Å². The highest BCUT2D eigenvalue weighted by atomic mass is 16.5. The van der Waals surface area contributed by atoms with Crippen LogP contribution < -0.4 is 0 Å². The summed E-state index contributed by atoms with van der Waals surface area (Å²) in [6.07, 6.45) is 7.53. The molecule has 0 fully saturated rings. The second-order valence-corrected chi connectivity index (χ2v) is 2.25. The quantitative estimate of drug-likeness (QED) is 0.539. The third-order valence-corrected chi connectivity index (χ3v) is 1.34. The molecule has 0 aromatic carbocycles. The third-order valence-electron chi connectivity index (χ3n) is 1.34. The van der Waals surface area contributed by atoms with Crippen molar-refractivity contribution in [2.75, 3.05) is 7.11 Å². The number of aliphatic imine (C=N–C) groups is 1. The van der Waals surface area contributed by atoms with Gasteiger partial charge in [-0.3, -0.25) is 4.99 Å². The van der Waals surface area contributed by atoms with E-state index in [0.29, 0.717) is 5.92 Å². The van der Waals surface area contributed by atoms with Crippen molar-refractivity contribution in [3.05, 3.63) is 24.1 Å². The molecular weight excluding hydrogens is 126 g/mol. The van der Waals surface area contributed by atoms with Crippen molar-refractivity contribution in [2.24, 2.45) is 10.9 Å². The average molecular weight is 137 g/mol. The Hall–Kier alpha value is -1.05. The highest BCUT2D eigenvalue weighted by molar-refractivity contribution is 5.76. The van der Waals surface area contributed by atoms with Gasteiger partial charge in [0.2, 0.25) is 0 Å². The Morgan fingerprint density at radius 1 is 1.60 bits per heavy atom. The molecule has 0 bridgehead atoms. The van der Waals surface area contributed by atoms with E-state index < -0.39 is 0 Å². The normalized spacial score (nSPS) is 23.8. The highest BCUT2D eigenvalue weighted by Crippen LogP contribution is 2.07. The molecule has 1 unspecified atom stereocenters. The van der Waals surface area contributed by atoms with Crippen molar-refractivity contribution < 1.29 is 4.74 Å². The van der Waals surface area contributed by atoms with Gasteiger partial charge in [-0.05, 0) is 12.0 Å². The van der Waals surface area contributed by atoms with Gasteiger partial charge in [0.15, 0.2) is 0 Å². The van der Waals surface area contributed by atoms with Crippen molar-refractivity contribution in [3.63, 3.8) is 0 Å². The zero-order valence-electron chi connectivity index (χ0n) is 6.24. The maximum absolute atomic E-state index is 5.01. The smallest absolute Gasteiger partial charge is 0.133 e. The van der Waals surface area contributed by atoms with Crippen molar-refractivity contribution in [1.82, 2.24) is 0 Å². The first-order chi connectivity index (χ1) is 4.83. The van der Waals surface area contributed by atoms with E-state index in [-0.39, 0.29) is 0 Å². The number of allylic oxidation sites excluding steroid dienone is 3. The van der Waals surface area contributed by atoms with Gasteiger partial charge in [0.05, 0.1) is 13.3 Å². The lowest BCUT2D eigenvalue weighted by molar-refractivity contribution is 0.314. The summed E-state index contributed by atoms with van der Waals surface area (Å²) in [5.74, 6) is 1.25. The van der Waals surface area contributed by atoms with Crippen LogP contribution in [0.4, 0.5) is 0 Å². The van der Waals surface area contributed by atoms with Gasteiger partial charge >= 0.3 is 0 Å². The fourth-order valence-electron chi connectivity index (χ4n) is 0.780. The van der Waals surface area contributed by atoms with Crippen LogP contribution in [-0.4, -0.2) is 13.3 Å². The number of rotatable bonds is 1. The Kier molecular flexibility index (Phi) is 2.26. The fraction of sp³-hybridized carbons (Fsp3) is 0.375. The molecule has 0 aromatic heterocycles. The first-order valence-electron chi connectivity index (χ1n) is 3.28. The van der Waals surface area contributed by atoms with E-state index in [2.05, 4.69) is 11.9 Å². The van der Waals surface area contributed by atoms with Gasteiger partial charge < -0.3 is 4.74 Å². The van der Waals surface area contributed by atoms with Crippen molar-refractivity contribution in [1.29, 1.82) is 0 Å². The van der Waals surface area contributed by atoms with Gasteiger partial charge in [-0.2, -0.15) is 0 Å². The lowest BCUT2D eigenvalue weighted by Gasteiger charge is -1.99. The minimum Gasteiger partial charge on any atom is -0.495 e. The Morgan fingerprint density at radius 3 is 3.10 bits per heavy atom. The van der Waals surface area contributed by atoms with E-state index in [1.54, 1.807) is 19.5 Å². The number of methoxy groups -OCH3 is 1. The van der Waals surface area contributed by atoms with Crippen molar-refractivity contribution in [3.8, 4) is 0 Å². The monoisotopic (exact) mass is 137 g/mol. The molecule has 1 aliphatic rings. The summed E-state index contributed by atoms with van der Waals surface area (Å²) in [6.45, 7) is 2.09. The molecule has 0 saturated carbocycles. The second-order valence-electron chi connectivity index (χ2n) is 2.25.